The van der Waals surface area contributed by atoms with Gasteiger partial charge in [0.2, 0.25) is 0 Å². The molecule has 0 bridgehead atoms. The third-order valence-electron chi connectivity index (χ3n) is 4.07. The Balaban J connectivity index is 2.09. The molecule has 0 atom stereocenters. The van der Waals surface area contributed by atoms with E-state index in [1.807, 2.05) is 38.1 Å². The van der Waals surface area contributed by atoms with E-state index in [9.17, 15) is 4.79 Å². The first-order chi connectivity index (χ1) is 11.1. The van der Waals surface area contributed by atoms with E-state index in [4.69, 9.17) is 9.47 Å². The van der Waals surface area contributed by atoms with E-state index in [0.29, 0.717) is 18.9 Å². The lowest BCUT2D eigenvalue weighted by Crippen LogP contribution is -2.37. The second kappa shape index (κ2) is 6.42. The van der Waals surface area contributed by atoms with E-state index >= 15 is 0 Å². The van der Waals surface area contributed by atoms with Crippen molar-refractivity contribution in [2.75, 3.05) is 38.3 Å². The zero-order valence-corrected chi connectivity index (χ0v) is 13.7. The van der Waals surface area contributed by atoms with Crippen molar-refractivity contribution >= 4 is 11.7 Å². The maximum atomic E-state index is 12.2. The highest BCUT2D eigenvalue weighted by molar-refractivity contribution is 5.94. The first kappa shape index (κ1) is 15.6. The molecule has 122 valence electrons. The lowest BCUT2D eigenvalue weighted by atomic mass is 10.2. The lowest BCUT2D eigenvalue weighted by Gasteiger charge is -2.29. The van der Waals surface area contributed by atoms with Crippen molar-refractivity contribution in [1.82, 2.24) is 9.78 Å². The molecule has 0 spiro atoms. The van der Waals surface area contributed by atoms with Crippen LogP contribution in [0, 0.1) is 13.8 Å². The Labute approximate surface area is 135 Å². The van der Waals surface area contributed by atoms with Gasteiger partial charge in [0.05, 0.1) is 37.4 Å². The second-order valence-electron chi connectivity index (χ2n) is 5.62. The molecule has 0 radical (unpaired) electrons. The Morgan fingerprint density at radius 3 is 2.43 bits per heavy atom. The number of ether oxygens (including phenoxy) is 2. The highest BCUT2D eigenvalue weighted by Crippen LogP contribution is 2.28. The summed E-state index contributed by atoms with van der Waals surface area (Å²) in [6.45, 7) is 6.79. The molecule has 2 aromatic rings. The molecule has 3 rings (SSSR count). The monoisotopic (exact) mass is 315 g/mol. The summed E-state index contributed by atoms with van der Waals surface area (Å²) in [7, 11) is 1.38. The topological polar surface area (TPSA) is 56.6 Å². The minimum Gasteiger partial charge on any atom is -0.464 e. The van der Waals surface area contributed by atoms with Crippen LogP contribution in [0.25, 0.3) is 5.69 Å². The molecule has 1 aromatic heterocycles. The van der Waals surface area contributed by atoms with Gasteiger partial charge in [0, 0.05) is 13.1 Å². The molecule has 0 N–H and O–H groups in total. The smallest absolute Gasteiger partial charge is 0.360 e. The van der Waals surface area contributed by atoms with Crippen molar-refractivity contribution in [2.45, 2.75) is 13.8 Å². The predicted molar refractivity (Wildman–Crippen MR) is 87.4 cm³/mol. The predicted octanol–water partition coefficient (Wildman–Crippen LogP) is 2.11. The maximum Gasteiger partial charge on any atom is 0.360 e. The average Bonchev–Trinajstić information content (AvgIpc) is 2.93. The molecule has 1 aliphatic rings. The molecule has 1 aromatic carbocycles. The van der Waals surface area contributed by atoms with Crippen LogP contribution < -0.4 is 4.90 Å². The zero-order valence-electron chi connectivity index (χ0n) is 13.7. The number of carbonyl (C=O) groups is 1. The van der Waals surface area contributed by atoms with Gasteiger partial charge in [-0.2, -0.15) is 5.10 Å². The molecule has 23 heavy (non-hydrogen) atoms. The number of hydrogen-bond acceptors (Lipinski definition) is 5. The lowest BCUT2D eigenvalue weighted by molar-refractivity contribution is 0.0593. The van der Waals surface area contributed by atoms with Gasteiger partial charge in [-0.15, -0.1) is 0 Å². The van der Waals surface area contributed by atoms with Crippen LogP contribution in [0.3, 0.4) is 0 Å². The van der Waals surface area contributed by atoms with Crippen molar-refractivity contribution in [1.29, 1.82) is 0 Å². The molecule has 1 saturated heterocycles. The first-order valence-electron chi connectivity index (χ1n) is 7.69. The van der Waals surface area contributed by atoms with Gasteiger partial charge in [0.25, 0.3) is 0 Å². The summed E-state index contributed by atoms with van der Waals surface area (Å²) in [5.74, 6) is -0.416. The Bertz CT molecular complexity index is 701. The minimum atomic E-state index is -0.416. The van der Waals surface area contributed by atoms with Gasteiger partial charge in [-0.1, -0.05) is 17.7 Å². The number of anilines is 1. The van der Waals surface area contributed by atoms with Gasteiger partial charge in [-0.25, -0.2) is 9.48 Å². The second-order valence-corrected chi connectivity index (χ2v) is 5.62. The molecule has 2 heterocycles. The number of aromatic nitrogens is 2. The van der Waals surface area contributed by atoms with Crippen molar-refractivity contribution in [3.05, 3.63) is 41.2 Å². The summed E-state index contributed by atoms with van der Waals surface area (Å²) in [5, 5.41) is 4.52. The number of nitrogens with zero attached hydrogens (tertiary/aromatic N) is 3. The van der Waals surface area contributed by atoms with E-state index in [0.717, 1.165) is 30.2 Å². The summed E-state index contributed by atoms with van der Waals surface area (Å²) >= 11 is 0. The maximum absolute atomic E-state index is 12.2. The Hall–Kier alpha value is -2.34. The van der Waals surface area contributed by atoms with E-state index in [-0.39, 0.29) is 0 Å². The van der Waals surface area contributed by atoms with Gasteiger partial charge in [0.15, 0.2) is 5.69 Å². The normalized spacial score (nSPS) is 14.8. The number of methoxy groups -OCH3 is 1. The number of hydrogen-bond donors (Lipinski definition) is 0. The molecule has 6 nitrogen and oxygen atoms in total. The van der Waals surface area contributed by atoms with Crippen LogP contribution in [0.5, 0.6) is 0 Å². The zero-order chi connectivity index (χ0) is 16.4. The molecular formula is C17H21N3O3. The number of benzene rings is 1. The average molecular weight is 315 g/mol. The Kier molecular flexibility index (Phi) is 4.34. The van der Waals surface area contributed by atoms with E-state index in [2.05, 4.69) is 10.00 Å². The Morgan fingerprint density at radius 1 is 1.17 bits per heavy atom. The highest BCUT2D eigenvalue weighted by Gasteiger charge is 2.27. The fourth-order valence-corrected chi connectivity index (χ4v) is 2.83. The Morgan fingerprint density at radius 2 is 1.83 bits per heavy atom. The van der Waals surface area contributed by atoms with Gasteiger partial charge in [-0.3, -0.25) is 0 Å². The van der Waals surface area contributed by atoms with Crippen LogP contribution in [0.1, 0.15) is 21.7 Å². The quantitative estimate of drug-likeness (QED) is 0.812. The van der Waals surface area contributed by atoms with Crippen LogP contribution >= 0.6 is 0 Å². The molecule has 0 unspecified atom stereocenters. The van der Waals surface area contributed by atoms with Crippen LogP contribution in [-0.4, -0.2) is 49.2 Å². The van der Waals surface area contributed by atoms with Crippen LogP contribution in [0.4, 0.5) is 5.69 Å². The standard InChI is InChI=1S/C17H21N3O3/c1-12-4-6-14(7-5-12)20-13(2)16(15(18-20)17(21)22-3)19-8-10-23-11-9-19/h4-7H,8-11H2,1-3H3. The highest BCUT2D eigenvalue weighted by atomic mass is 16.5. The number of carbonyl (C=O) groups excluding carboxylic acids is 1. The number of esters is 1. The third kappa shape index (κ3) is 2.94. The van der Waals surface area contributed by atoms with Gasteiger partial charge < -0.3 is 14.4 Å². The van der Waals surface area contributed by atoms with Gasteiger partial charge >= 0.3 is 5.97 Å². The van der Waals surface area contributed by atoms with E-state index in [1.165, 1.54) is 12.7 Å². The molecule has 6 heteroatoms. The fourth-order valence-electron chi connectivity index (χ4n) is 2.83. The minimum absolute atomic E-state index is 0.354. The molecular weight excluding hydrogens is 294 g/mol. The molecule has 0 amide bonds. The van der Waals surface area contributed by atoms with Crippen molar-refractivity contribution in [3.63, 3.8) is 0 Å². The molecule has 0 saturated carbocycles. The summed E-state index contributed by atoms with van der Waals surface area (Å²) in [6.07, 6.45) is 0. The summed E-state index contributed by atoms with van der Waals surface area (Å²) < 4.78 is 12.1. The molecule has 1 aliphatic heterocycles. The number of morpholine rings is 1. The first-order valence-corrected chi connectivity index (χ1v) is 7.69. The number of aryl methyl sites for hydroxylation is 1. The van der Waals surface area contributed by atoms with E-state index < -0.39 is 5.97 Å². The fraction of sp³-hybridized carbons (Fsp3) is 0.412. The summed E-state index contributed by atoms with van der Waals surface area (Å²) in [6, 6.07) is 8.06. The van der Waals surface area contributed by atoms with Gasteiger partial charge in [0.1, 0.15) is 0 Å². The summed E-state index contributed by atoms with van der Waals surface area (Å²) in [4.78, 5) is 14.3. The summed E-state index contributed by atoms with van der Waals surface area (Å²) in [5.41, 5.74) is 4.22. The largest absolute Gasteiger partial charge is 0.464 e. The number of rotatable bonds is 3. The van der Waals surface area contributed by atoms with Crippen LogP contribution in [0.2, 0.25) is 0 Å². The van der Waals surface area contributed by atoms with E-state index in [1.54, 1.807) is 4.68 Å². The molecule has 0 aliphatic carbocycles. The van der Waals surface area contributed by atoms with Crippen molar-refractivity contribution in [2.24, 2.45) is 0 Å². The molecule has 1 fully saturated rings. The SMILES string of the molecule is COC(=O)c1nn(-c2ccc(C)cc2)c(C)c1N1CCOCC1. The van der Waals surface area contributed by atoms with Crippen LogP contribution in [-0.2, 0) is 9.47 Å². The van der Waals surface area contributed by atoms with Gasteiger partial charge in [-0.05, 0) is 26.0 Å². The van der Waals surface area contributed by atoms with Crippen molar-refractivity contribution < 1.29 is 14.3 Å². The van der Waals surface area contributed by atoms with Crippen molar-refractivity contribution in [3.8, 4) is 5.69 Å². The van der Waals surface area contributed by atoms with Crippen LogP contribution in [0.15, 0.2) is 24.3 Å². The third-order valence-corrected chi connectivity index (χ3v) is 4.07.